The molecule has 0 aliphatic carbocycles. The van der Waals surface area contributed by atoms with E-state index in [9.17, 15) is 35.9 Å². The molecule has 172 valence electrons. The molecule has 1 fully saturated rings. The van der Waals surface area contributed by atoms with Crippen molar-refractivity contribution in [3.05, 3.63) is 70.8 Å². The average molecular weight is 496 g/mol. The summed E-state index contributed by atoms with van der Waals surface area (Å²) in [5.74, 6) is -1.26. The Labute approximate surface area is 186 Å². The molecule has 2 atom stereocenters. The highest BCUT2D eigenvalue weighted by Crippen LogP contribution is 2.34. The molecular formula is C20H14F6O4S2. The van der Waals surface area contributed by atoms with Gasteiger partial charge in [0.15, 0.2) is 0 Å². The molecule has 1 aliphatic heterocycles. The van der Waals surface area contributed by atoms with Gasteiger partial charge in [-0.05, 0) is 48.5 Å². The number of benzene rings is 2. The predicted octanol–water partition coefficient (Wildman–Crippen LogP) is 5.87. The number of hydrogen-bond acceptors (Lipinski definition) is 6. The van der Waals surface area contributed by atoms with E-state index in [1.165, 1.54) is 21.6 Å². The van der Waals surface area contributed by atoms with Crippen LogP contribution in [0, 0.1) is 0 Å². The van der Waals surface area contributed by atoms with Gasteiger partial charge in [0.1, 0.15) is 12.2 Å². The topological polar surface area (TPSA) is 52.6 Å². The molecule has 1 saturated heterocycles. The second kappa shape index (κ2) is 9.65. The molecule has 12 heteroatoms. The van der Waals surface area contributed by atoms with Crippen LogP contribution in [0.3, 0.4) is 0 Å². The van der Waals surface area contributed by atoms with E-state index in [0.717, 1.165) is 48.5 Å². The number of carbonyl (C=O) groups is 2. The number of rotatable bonds is 4. The van der Waals surface area contributed by atoms with E-state index in [1.807, 2.05) is 0 Å². The van der Waals surface area contributed by atoms with Crippen molar-refractivity contribution in [3.8, 4) is 0 Å². The second-order valence-electron chi connectivity index (χ2n) is 6.61. The predicted molar refractivity (Wildman–Crippen MR) is 106 cm³/mol. The Kier molecular flexibility index (Phi) is 7.33. The number of hydrogen-bond donors (Lipinski definition) is 0. The van der Waals surface area contributed by atoms with Crippen LogP contribution in [0.15, 0.2) is 48.5 Å². The largest absolute Gasteiger partial charge is 0.454 e. The van der Waals surface area contributed by atoms with Crippen molar-refractivity contribution in [1.82, 2.24) is 0 Å². The van der Waals surface area contributed by atoms with E-state index in [4.69, 9.17) is 9.47 Å². The summed E-state index contributed by atoms with van der Waals surface area (Å²) in [5.41, 5.74) is -2.04. The highest BCUT2D eigenvalue weighted by atomic mass is 33.1. The van der Waals surface area contributed by atoms with E-state index in [2.05, 4.69) is 0 Å². The lowest BCUT2D eigenvalue weighted by Gasteiger charge is -2.29. The van der Waals surface area contributed by atoms with E-state index >= 15 is 0 Å². The number of alkyl halides is 6. The molecular weight excluding hydrogens is 482 g/mol. The molecule has 32 heavy (non-hydrogen) atoms. The Hall–Kier alpha value is -2.34. The SMILES string of the molecule is O=C(OC1CSSCC1OC(=O)c1ccc(C(F)(F)F)cc1)c1ccc(C(F)(F)F)cc1. The minimum atomic E-state index is -4.54. The van der Waals surface area contributed by atoms with Crippen molar-refractivity contribution >= 4 is 33.5 Å². The zero-order chi connectivity index (χ0) is 23.5. The number of carbonyl (C=O) groups excluding carboxylic acids is 2. The molecule has 2 unspecified atom stereocenters. The van der Waals surface area contributed by atoms with Gasteiger partial charge in [-0.3, -0.25) is 0 Å². The van der Waals surface area contributed by atoms with Gasteiger partial charge in [-0.1, -0.05) is 21.6 Å². The third kappa shape index (κ3) is 6.12. The van der Waals surface area contributed by atoms with Crippen LogP contribution >= 0.6 is 21.6 Å². The van der Waals surface area contributed by atoms with Gasteiger partial charge in [-0.15, -0.1) is 0 Å². The smallest absolute Gasteiger partial charge is 0.416 e. The summed E-state index contributed by atoms with van der Waals surface area (Å²) in [6, 6.07) is 6.96. The highest BCUT2D eigenvalue weighted by molar-refractivity contribution is 8.76. The second-order valence-corrected chi connectivity index (χ2v) is 9.16. The van der Waals surface area contributed by atoms with E-state index in [1.54, 1.807) is 0 Å². The fourth-order valence-corrected chi connectivity index (χ4v) is 5.07. The fourth-order valence-electron chi connectivity index (χ4n) is 2.67. The molecule has 2 aromatic carbocycles. The van der Waals surface area contributed by atoms with Crippen molar-refractivity contribution in [3.63, 3.8) is 0 Å². The molecule has 0 saturated carbocycles. The third-order valence-corrected chi connectivity index (χ3v) is 6.79. The monoisotopic (exact) mass is 496 g/mol. The molecule has 0 N–H and O–H groups in total. The molecule has 2 aromatic rings. The van der Waals surface area contributed by atoms with Crippen LogP contribution in [0.1, 0.15) is 31.8 Å². The van der Waals surface area contributed by atoms with Crippen LogP contribution in [0.25, 0.3) is 0 Å². The van der Waals surface area contributed by atoms with Crippen molar-refractivity contribution in [2.24, 2.45) is 0 Å². The first kappa shape index (κ1) is 24.3. The molecule has 0 amide bonds. The summed E-state index contributed by atoms with van der Waals surface area (Å²) < 4.78 is 86.6. The van der Waals surface area contributed by atoms with Gasteiger partial charge < -0.3 is 9.47 Å². The van der Waals surface area contributed by atoms with Crippen LogP contribution in [-0.2, 0) is 21.8 Å². The van der Waals surface area contributed by atoms with Crippen LogP contribution in [0.2, 0.25) is 0 Å². The van der Waals surface area contributed by atoms with Crippen LogP contribution in [0.4, 0.5) is 26.3 Å². The molecule has 0 bridgehead atoms. The summed E-state index contributed by atoms with van der Waals surface area (Å²) in [4.78, 5) is 24.7. The molecule has 0 spiro atoms. The normalized spacial score (nSPS) is 19.3. The summed E-state index contributed by atoms with van der Waals surface area (Å²) in [7, 11) is 2.70. The van der Waals surface area contributed by atoms with Crippen LogP contribution < -0.4 is 0 Å². The molecule has 1 aliphatic rings. The van der Waals surface area contributed by atoms with Crippen molar-refractivity contribution in [2.45, 2.75) is 24.6 Å². The van der Waals surface area contributed by atoms with Gasteiger partial charge in [0.05, 0.1) is 22.3 Å². The first-order valence-electron chi connectivity index (χ1n) is 8.96. The van der Waals surface area contributed by atoms with Gasteiger partial charge in [-0.2, -0.15) is 26.3 Å². The van der Waals surface area contributed by atoms with E-state index in [0.29, 0.717) is 0 Å². The lowest BCUT2D eigenvalue weighted by molar-refractivity contribution is -0.138. The van der Waals surface area contributed by atoms with Crippen molar-refractivity contribution in [2.75, 3.05) is 11.5 Å². The third-order valence-electron chi connectivity index (χ3n) is 4.38. The summed E-state index contributed by atoms with van der Waals surface area (Å²) in [5, 5.41) is 0. The van der Waals surface area contributed by atoms with E-state index < -0.39 is 47.6 Å². The lowest BCUT2D eigenvalue weighted by atomic mass is 10.1. The molecule has 1 heterocycles. The lowest BCUT2D eigenvalue weighted by Crippen LogP contribution is -2.40. The van der Waals surface area contributed by atoms with Crippen molar-refractivity contribution < 1.29 is 45.4 Å². The van der Waals surface area contributed by atoms with E-state index in [-0.39, 0.29) is 22.6 Å². The van der Waals surface area contributed by atoms with Gasteiger partial charge in [-0.25, -0.2) is 9.59 Å². The quantitative estimate of drug-likeness (QED) is 0.300. The number of ether oxygens (including phenoxy) is 2. The Morgan fingerprint density at radius 2 is 0.969 bits per heavy atom. The Morgan fingerprint density at radius 3 is 1.25 bits per heavy atom. The highest BCUT2D eigenvalue weighted by Gasteiger charge is 2.35. The zero-order valence-corrected chi connectivity index (χ0v) is 17.5. The van der Waals surface area contributed by atoms with Gasteiger partial charge in [0.25, 0.3) is 0 Å². The molecule has 0 aromatic heterocycles. The molecule has 4 nitrogen and oxygen atoms in total. The summed E-state index contributed by atoms with van der Waals surface area (Å²) in [6.45, 7) is 0. The first-order chi connectivity index (χ1) is 14.9. The maximum atomic E-state index is 12.7. The maximum absolute atomic E-state index is 12.7. The first-order valence-corrected chi connectivity index (χ1v) is 11.4. The van der Waals surface area contributed by atoms with Gasteiger partial charge >= 0.3 is 24.3 Å². The minimum Gasteiger partial charge on any atom is -0.454 e. The minimum absolute atomic E-state index is 0.103. The van der Waals surface area contributed by atoms with Gasteiger partial charge in [0, 0.05) is 11.5 Å². The number of halogens is 6. The number of esters is 2. The Morgan fingerprint density at radius 1 is 0.656 bits per heavy atom. The van der Waals surface area contributed by atoms with Crippen LogP contribution in [-0.4, -0.2) is 35.7 Å². The Balaban J connectivity index is 1.65. The standard InChI is InChI=1S/C20H14F6O4S2/c21-19(22,23)13-5-1-11(2-6-13)17(27)29-15-9-31-32-10-16(15)30-18(28)12-3-7-14(8-4-12)20(24,25)26/h1-8,15-16H,9-10H2. The van der Waals surface area contributed by atoms with Gasteiger partial charge in [0.2, 0.25) is 0 Å². The molecule has 3 rings (SSSR count). The zero-order valence-electron chi connectivity index (χ0n) is 15.9. The average Bonchev–Trinajstić information content (AvgIpc) is 2.74. The maximum Gasteiger partial charge on any atom is 0.416 e. The fraction of sp³-hybridized carbons (Fsp3) is 0.300. The summed E-state index contributed by atoms with van der Waals surface area (Å²) in [6.07, 6.45) is -10.8. The Bertz CT molecular complexity index is 879. The molecule has 0 radical (unpaired) electrons. The van der Waals surface area contributed by atoms with Crippen molar-refractivity contribution in [1.29, 1.82) is 0 Å². The van der Waals surface area contributed by atoms with Crippen LogP contribution in [0.5, 0.6) is 0 Å². The summed E-state index contributed by atoms with van der Waals surface area (Å²) >= 11 is 0.